The fourth-order valence-corrected chi connectivity index (χ4v) is 2.85. The van der Waals surface area contributed by atoms with Crippen LogP contribution in [0.2, 0.25) is 0 Å². The number of carbonyl (C=O) groups excluding carboxylic acids is 1. The number of methoxy groups -OCH3 is 1. The van der Waals surface area contributed by atoms with E-state index in [2.05, 4.69) is 20.3 Å². The Hall–Kier alpha value is -3.46. The van der Waals surface area contributed by atoms with Gasteiger partial charge < -0.3 is 24.1 Å². The molecular weight excluding hydrogens is 362 g/mol. The summed E-state index contributed by atoms with van der Waals surface area (Å²) in [5.74, 6) is 0.464. The first-order chi connectivity index (χ1) is 13.7. The van der Waals surface area contributed by atoms with Crippen molar-refractivity contribution in [3.05, 3.63) is 48.7 Å². The number of carbonyl (C=O) groups is 1. The van der Waals surface area contributed by atoms with Gasteiger partial charge in [-0.05, 0) is 18.2 Å². The van der Waals surface area contributed by atoms with Crippen LogP contribution >= 0.6 is 0 Å². The van der Waals surface area contributed by atoms with E-state index in [4.69, 9.17) is 14.2 Å². The van der Waals surface area contributed by atoms with Crippen molar-refractivity contribution in [3.8, 4) is 23.0 Å². The third kappa shape index (κ3) is 3.79. The molecule has 0 atom stereocenters. The molecular formula is C19H19N5O4. The summed E-state index contributed by atoms with van der Waals surface area (Å²) in [7, 11) is 1.59. The molecule has 0 saturated carbocycles. The van der Waals surface area contributed by atoms with Gasteiger partial charge >= 0.3 is 6.01 Å². The maximum Gasteiger partial charge on any atom is 0.316 e. The van der Waals surface area contributed by atoms with Crippen molar-refractivity contribution >= 4 is 11.6 Å². The van der Waals surface area contributed by atoms with Crippen LogP contribution in [-0.4, -0.2) is 52.4 Å². The number of anilines is 1. The maximum atomic E-state index is 12.7. The molecule has 1 N–H and O–H groups in total. The Labute approximate surface area is 161 Å². The van der Waals surface area contributed by atoms with Gasteiger partial charge in [-0.25, -0.2) is 15.0 Å². The van der Waals surface area contributed by atoms with E-state index < -0.39 is 0 Å². The SMILES string of the molecule is COCCOc1ncc(NC(=O)c2ccc3c(c2)-c2cncn2CCO3)cn1. The molecule has 0 fully saturated rings. The molecule has 0 spiro atoms. The molecule has 0 radical (unpaired) electrons. The minimum Gasteiger partial charge on any atom is -0.491 e. The molecule has 1 aliphatic rings. The van der Waals surface area contributed by atoms with Gasteiger partial charge in [-0.1, -0.05) is 0 Å². The summed E-state index contributed by atoms with van der Waals surface area (Å²) >= 11 is 0. The summed E-state index contributed by atoms with van der Waals surface area (Å²) in [6, 6.07) is 5.55. The Balaban J connectivity index is 1.49. The molecule has 9 nitrogen and oxygen atoms in total. The molecule has 1 amide bonds. The Morgan fingerprint density at radius 3 is 2.93 bits per heavy atom. The number of aromatic nitrogens is 4. The molecule has 1 aliphatic heterocycles. The minimum atomic E-state index is -0.269. The zero-order valence-corrected chi connectivity index (χ0v) is 15.3. The average molecular weight is 381 g/mol. The normalized spacial score (nSPS) is 12.3. The first kappa shape index (κ1) is 17.9. The third-order valence-corrected chi connectivity index (χ3v) is 4.22. The Bertz CT molecular complexity index is 971. The van der Waals surface area contributed by atoms with Gasteiger partial charge in [0.15, 0.2) is 0 Å². The highest BCUT2D eigenvalue weighted by atomic mass is 16.5. The molecule has 0 unspecified atom stereocenters. The highest BCUT2D eigenvalue weighted by Gasteiger charge is 2.18. The zero-order chi connectivity index (χ0) is 19.3. The minimum absolute atomic E-state index is 0.227. The molecule has 9 heteroatoms. The monoisotopic (exact) mass is 381 g/mol. The van der Waals surface area contributed by atoms with Gasteiger partial charge in [-0.15, -0.1) is 0 Å². The molecule has 0 bridgehead atoms. The zero-order valence-electron chi connectivity index (χ0n) is 15.3. The third-order valence-electron chi connectivity index (χ3n) is 4.22. The fraction of sp³-hybridized carbons (Fsp3) is 0.263. The largest absolute Gasteiger partial charge is 0.491 e. The Kier molecular flexibility index (Phi) is 5.16. The quantitative estimate of drug-likeness (QED) is 0.652. The predicted molar refractivity (Wildman–Crippen MR) is 101 cm³/mol. The lowest BCUT2D eigenvalue weighted by Gasteiger charge is -2.10. The topological polar surface area (TPSA) is 100 Å². The van der Waals surface area contributed by atoms with Crippen molar-refractivity contribution in [3.63, 3.8) is 0 Å². The van der Waals surface area contributed by atoms with Gasteiger partial charge in [-0.2, -0.15) is 0 Å². The molecule has 1 aromatic carbocycles. The first-order valence-corrected chi connectivity index (χ1v) is 8.77. The number of benzene rings is 1. The lowest BCUT2D eigenvalue weighted by molar-refractivity contribution is 0.102. The average Bonchev–Trinajstić information content (AvgIpc) is 3.11. The van der Waals surface area contributed by atoms with Crippen molar-refractivity contribution < 1.29 is 19.0 Å². The number of amides is 1. The standard InChI is InChI=1S/C19H19N5O4/c1-26-6-7-28-19-21-9-14(10-22-19)23-18(25)13-2-3-17-15(8-13)16-11-20-12-24(16)4-5-27-17/h2-3,8-12H,4-7H2,1H3,(H,23,25). The van der Waals surface area contributed by atoms with Crippen molar-refractivity contribution in [1.29, 1.82) is 0 Å². The second kappa shape index (κ2) is 8.05. The van der Waals surface area contributed by atoms with Crippen molar-refractivity contribution in [2.45, 2.75) is 6.54 Å². The van der Waals surface area contributed by atoms with Crippen LogP contribution in [0.4, 0.5) is 5.69 Å². The lowest BCUT2D eigenvalue weighted by Crippen LogP contribution is -2.13. The van der Waals surface area contributed by atoms with E-state index >= 15 is 0 Å². The van der Waals surface area contributed by atoms with Crippen molar-refractivity contribution in [1.82, 2.24) is 19.5 Å². The number of nitrogens with one attached hydrogen (secondary N) is 1. The van der Waals surface area contributed by atoms with Gasteiger partial charge in [0.2, 0.25) is 0 Å². The van der Waals surface area contributed by atoms with Crippen LogP contribution in [0.3, 0.4) is 0 Å². The van der Waals surface area contributed by atoms with Gasteiger partial charge in [0.05, 0.1) is 49.5 Å². The van der Waals surface area contributed by atoms with Crippen LogP contribution in [0.15, 0.2) is 43.1 Å². The summed E-state index contributed by atoms with van der Waals surface area (Å²) in [4.78, 5) is 25.0. The summed E-state index contributed by atoms with van der Waals surface area (Å²) in [6.07, 6.45) is 6.52. The number of ether oxygens (including phenoxy) is 3. The van der Waals surface area contributed by atoms with Crippen LogP contribution in [0.1, 0.15) is 10.4 Å². The summed E-state index contributed by atoms with van der Waals surface area (Å²) in [6.45, 7) is 2.07. The van der Waals surface area contributed by atoms with Crippen LogP contribution in [0.5, 0.6) is 11.8 Å². The molecule has 144 valence electrons. The number of hydrogen-bond acceptors (Lipinski definition) is 7. The van der Waals surface area contributed by atoms with E-state index in [1.54, 1.807) is 37.8 Å². The van der Waals surface area contributed by atoms with Crippen molar-refractivity contribution in [2.75, 3.05) is 32.2 Å². The Morgan fingerprint density at radius 2 is 2.11 bits per heavy atom. The fourth-order valence-electron chi connectivity index (χ4n) is 2.85. The molecule has 0 aliphatic carbocycles. The van der Waals surface area contributed by atoms with Gasteiger partial charge in [0, 0.05) is 18.2 Å². The molecule has 0 saturated heterocycles. The number of imidazole rings is 1. The summed E-state index contributed by atoms with van der Waals surface area (Å²) < 4.78 is 18.0. The molecule has 28 heavy (non-hydrogen) atoms. The number of rotatable bonds is 6. The molecule has 3 heterocycles. The molecule has 4 rings (SSSR count). The van der Waals surface area contributed by atoms with Gasteiger partial charge in [0.1, 0.15) is 19.0 Å². The van der Waals surface area contributed by atoms with Crippen molar-refractivity contribution in [2.24, 2.45) is 0 Å². The van der Waals surface area contributed by atoms with E-state index in [1.807, 2.05) is 4.57 Å². The summed E-state index contributed by atoms with van der Waals surface area (Å²) in [5.41, 5.74) is 2.72. The second-order valence-corrected chi connectivity index (χ2v) is 6.08. The predicted octanol–water partition coefficient (Wildman–Crippen LogP) is 2.01. The Morgan fingerprint density at radius 1 is 1.25 bits per heavy atom. The molecule has 3 aromatic rings. The first-order valence-electron chi connectivity index (χ1n) is 8.77. The maximum absolute atomic E-state index is 12.7. The van der Waals surface area contributed by atoms with E-state index in [-0.39, 0.29) is 11.9 Å². The van der Waals surface area contributed by atoms with Crippen LogP contribution < -0.4 is 14.8 Å². The molecule has 2 aromatic heterocycles. The number of nitrogens with zero attached hydrogens (tertiary/aromatic N) is 4. The van der Waals surface area contributed by atoms with Gasteiger partial charge in [-0.3, -0.25) is 4.79 Å². The van der Waals surface area contributed by atoms with Crippen LogP contribution in [-0.2, 0) is 11.3 Å². The summed E-state index contributed by atoms with van der Waals surface area (Å²) in [5, 5.41) is 2.79. The number of fused-ring (bicyclic) bond motifs is 3. The van der Waals surface area contributed by atoms with E-state index in [0.717, 1.165) is 17.0 Å². The smallest absolute Gasteiger partial charge is 0.316 e. The highest BCUT2D eigenvalue weighted by molar-refractivity contribution is 6.05. The van der Waals surface area contributed by atoms with Crippen LogP contribution in [0, 0.1) is 0 Å². The highest BCUT2D eigenvalue weighted by Crippen LogP contribution is 2.33. The lowest BCUT2D eigenvalue weighted by atomic mass is 10.1. The number of hydrogen-bond donors (Lipinski definition) is 1. The van der Waals surface area contributed by atoms with E-state index in [9.17, 15) is 4.79 Å². The van der Waals surface area contributed by atoms with Gasteiger partial charge in [0.25, 0.3) is 5.91 Å². The van der Waals surface area contributed by atoms with Crippen LogP contribution in [0.25, 0.3) is 11.3 Å². The second-order valence-electron chi connectivity index (χ2n) is 6.08. The van der Waals surface area contributed by atoms with E-state index in [1.165, 1.54) is 12.4 Å². The van der Waals surface area contributed by atoms with E-state index in [0.29, 0.717) is 37.6 Å².